The summed E-state index contributed by atoms with van der Waals surface area (Å²) in [6.45, 7) is 9.61. The lowest BCUT2D eigenvalue weighted by Gasteiger charge is -2.47. The van der Waals surface area contributed by atoms with Gasteiger partial charge in [0.2, 0.25) is 5.78 Å². The number of fused-ring (bicyclic) bond motifs is 2. The highest BCUT2D eigenvalue weighted by Gasteiger charge is 2.55. The number of rotatable bonds is 2. The molecule has 0 N–H and O–H groups in total. The summed E-state index contributed by atoms with van der Waals surface area (Å²) in [5.74, 6) is 0.137. The van der Waals surface area contributed by atoms with Crippen molar-refractivity contribution in [1.29, 1.82) is 0 Å². The molecule has 4 heteroatoms. The molecule has 4 nitrogen and oxygen atoms in total. The molecule has 0 bridgehead atoms. The van der Waals surface area contributed by atoms with E-state index in [-0.39, 0.29) is 17.7 Å². The average molecular weight is 328 g/mol. The zero-order valence-corrected chi connectivity index (χ0v) is 14.9. The Morgan fingerprint density at radius 1 is 1.46 bits per heavy atom. The van der Waals surface area contributed by atoms with Crippen LogP contribution in [0.15, 0.2) is 34.0 Å². The van der Waals surface area contributed by atoms with Crippen LogP contribution in [0.5, 0.6) is 0 Å². The van der Waals surface area contributed by atoms with Crippen molar-refractivity contribution in [3.8, 4) is 0 Å². The van der Waals surface area contributed by atoms with Crippen LogP contribution in [-0.2, 0) is 9.53 Å². The van der Waals surface area contributed by atoms with Gasteiger partial charge in [-0.2, -0.15) is 0 Å². The highest BCUT2D eigenvalue weighted by Crippen LogP contribution is 2.57. The van der Waals surface area contributed by atoms with E-state index in [1.54, 1.807) is 19.3 Å². The summed E-state index contributed by atoms with van der Waals surface area (Å²) < 4.78 is 11.5. The summed E-state index contributed by atoms with van der Waals surface area (Å²) in [6.07, 6.45) is 6.64. The molecule has 1 aromatic rings. The number of carbonyl (C=O) groups is 2. The highest BCUT2D eigenvalue weighted by atomic mass is 16.5. The van der Waals surface area contributed by atoms with Gasteiger partial charge in [-0.05, 0) is 45.1 Å². The van der Waals surface area contributed by atoms with E-state index in [2.05, 4.69) is 6.92 Å². The largest absolute Gasteiger partial charge is 0.460 e. The lowest BCUT2D eigenvalue weighted by molar-refractivity contribution is -0.153. The third-order valence-corrected chi connectivity index (χ3v) is 5.81. The van der Waals surface area contributed by atoms with Crippen LogP contribution in [0, 0.1) is 18.3 Å². The van der Waals surface area contributed by atoms with Crippen molar-refractivity contribution >= 4 is 11.8 Å². The molecule has 0 aromatic carbocycles. The number of allylic oxidation sites excluding steroid dienone is 2. The van der Waals surface area contributed by atoms with Gasteiger partial charge >= 0.3 is 5.97 Å². The molecule has 2 aliphatic carbocycles. The molecule has 3 atom stereocenters. The second-order valence-electron chi connectivity index (χ2n) is 7.13. The topological polar surface area (TPSA) is 56.5 Å². The number of ether oxygens (including phenoxy) is 1. The molecule has 0 spiro atoms. The highest BCUT2D eigenvalue weighted by molar-refractivity contribution is 6.10. The standard InChI is InChI=1S/C20H24O4/c1-6-11(2)19(22)24-18-15-12(3)10-23-17(15)16(21)14-9-7-8-13(4)20(14,18)5/h6,9-10,13,18H,7-8H2,1-5H3/b11-6-/t13-,18-,20+/m0/s1. The number of Topliss-reactive ketones (excluding diaryl/α,β-unsaturated/α-hetero) is 1. The molecule has 0 amide bonds. The summed E-state index contributed by atoms with van der Waals surface area (Å²) in [7, 11) is 0. The molecule has 128 valence electrons. The molecule has 1 aromatic heterocycles. The van der Waals surface area contributed by atoms with Crippen LogP contribution in [0.1, 0.15) is 68.3 Å². The second kappa shape index (κ2) is 5.76. The van der Waals surface area contributed by atoms with Gasteiger partial charge < -0.3 is 9.15 Å². The maximum absolute atomic E-state index is 12.9. The minimum Gasteiger partial charge on any atom is -0.460 e. The maximum Gasteiger partial charge on any atom is 0.334 e. The Labute approximate surface area is 142 Å². The molecular weight excluding hydrogens is 304 g/mol. The van der Waals surface area contributed by atoms with Gasteiger partial charge in [-0.3, -0.25) is 4.79 Å². The van der Waals surface area contributed by atoms with Gasteiger partial charge in [0, 0.05) is 22.1 Å². The molecule has 0 unspecified atom stereocenters. The van der Waals surface area contributed by atoms with Gasteiger partial charge in [0.25, 0.3) is 0 Å². The smallest absolute Gasteiger partial charge is 0.334 e. The SMILES string of the molecule is C/C=C(/C)C(=O)O[C@H]1c2c(C)coc2C(=O)C2=CCC[C@H](C)[C@]21C. The zero-order chi connectivity index (χ0) is 17.6. The van der Waals surface area contributed by atoms with E-state index in [9.17, 15) is 9.59 Å². The molecule has 1 heterocycles. The maximum atomic E-state index is 12.9. The predicted molar refractivity (Wildman–Crippen MR) is 90.6 cm³/mol. The first-order chi connectivity index (χ1) is 11.3. The molecular formula is C20H24O4. The Balaban J connectivity index is 2.18. The van der Waals surface area contributed by atoms with E-state index >= 15 is 0 Å². The first-order valence-electron chi connectivity index (χ1n) is 8.49. The van der Waals surface area contributed by atoms with Gasteiger partial charge in [-0.1, -0.05) is 26.0 Å². The van der Waals surface area contributed by atoms with Gasteiger partial charge in [0.05, 0.1) is 6.26 Å². The summed E-state index contributed by atoms with van der Waals surface area (Å²) in [5, 5.41) is 0. The fourth-order valence-corrected chi connectivity index (χ4v) is 3.88. The molecule has 2 aliphatic rings. The molecule has 0 aliphatic heterocycles. The first kappa shape index (κ1) is 16.7. The quantitative estimate of drug-likeness (QED) is 0.583. The van der Waals surface area contributed by atoms with E-state index in [4.69, 9.17) is 9.15 Å². The molecule has 24 heavy (non-hydrogen) atoms. The first-order valence-corrected chi connectivity index (χ1v) is 8.49. The lowest BCUT2D eigenvalue weighted by atomic mass is 9.58. The van der Waals surface area contributed by atoms with E-state index in [0.717, 1.165) is 29.5 Å². The molecule has 0 fully saturated rings. The van der Waals surface area contributed by atoms with E-state index < -0.39 is 11.5 Å². The van der Waals surface area contributed by atoms with Crippen LogP contribution >= 0.6 is 0 Å². The minimum atomic E-state index is -0.527. The zero-order valence-electron chi connectivity index (χ0n) is 14.9. The third-order valence-electron chi connectivity index (χ3n) is 5.81. The van der Waals surface area contributed by atoms with Gasteiger partial charge in [0.15, 0.2) is 5.76 Å². The van der Waals surface area contributed by atoms with Crippen molar-refractivity contribution in [1.82, 2.24) is 0 Å². The number of esters is 1. The molecule has 0 radical (unpaired) electrons. The van der Waals surface area contributed by atoms with Crippen LogP contribution in [0.4, 0.5) is 0 Å². The Morgan fingerprint density at radius 3 is 2.83 bits per heavy atom. The third kappa shape index (κ3) is 2.20. The number of hydrogen-bond donors (Lipinski definition) is 0. The summed E-state index contributed by atoms with van der Waals surface area (Å²) >= 11 is 0. The number of furan rings is 1. The van der Waals surface area contributed by atoms with Crippen molar-refractivity contribution in [2.75, 3.05) is 0 Å². The lowest BCUT2D eigenvalue weighted by Crippen LogP contribution is -2.45. The predicted octanol–water partition coefficient (Wildman–Crippen LogP) is 4.70. The average Bonchev–Trinajstić information content (AvgIpc) is 2.94. The van der Waals surface area contributed by atoms with Crippen LogP contribution in [-0.4, -0.2) is 11.8 Å². The van der Waals surface area contributed by atoms with Crippen molar-refractivity contribution in [2.45, 2.75) is 53.6 Å². The number of hydrogen-bond acceptors (Lipinski definition) is 4. The summed E-state index contributed by atoms with van der Waals surface area (Å²) in [4.78, 5) is 25.4. The van der Waals surface area contributed by atoms with E-state index in [1.165, 1.54) is 0 Å². The monoisotopic (exact) mass is 328 g/mol. The van der Waals surface area contributed by atoms with Crippen molar-refractivity contribution in [2.24, 2.45) is 11.3 Å². The Hall–Kier alpha value is -2.10. The normalized spacial score (nSPS) is 29.6. The molecule has 0 saturated carbocycles. The fraction of sp³-hybridized carbons (Fsp3) is 0.500. The summed E-state index contributed by atoms with van der Waals surface area (Å²) in [6, 6.07) is 0. The van der Waals surface area contributed by atoms with Crippen molar-refractivity contribution < 1.29 is 18.7 Å². The van der Waals surface area contributed by atoms with Crippen LogP contribution in [0.2, 0.25) is 0 Å². The van der Waals surface area contributed by atoms with E-state index in [0.29, 0.717) is 11.3 Å². The van der Waals surface area contributed by atoms with Crippen molar-refractivity contribution in [3.63, 3.8) is 0 Å². The minimum absolute atomic E-state index is 0.0674. The molecule has 3 rings (SSSR count). The van der Waals surface area contributed by atoms with Gasteiger partial charge in [-0.15, -0.1) is 0 Å². The Bertz CT molecular complexity index is 765. The number of ketones is 1. The Kier molecular flexibility index (Phi) is 4.02. The molecule has 0 saturated heterocycles. The number of aryl methyl sites for hydroxylation is 1. The van der Waals surface area contributed by atoms with Crippen LogP contribution < -0.4 is 0 Å². The van der Waals surface area contributed by atoms with E-state index in [1.807, 2.05) is 26.8 Å². The fourth-order valence-electron chi connectivity index (χ4n) is 3.88. The second-order valence-corrected chi connectivity index (χ2v) is 7.13. The Morgan fingerprint density at radius 2 is 2.17 bits per heavy atom. The van der Waals surface area contributed by atoms with Gasteiger partial charge in [-0.25, -0.2) is 4.79 Å². The van der Waals surface area contributed by atoms with Crippen LogP contribution in [0.25, 0.3) is 0 Å². The van der Waals surface area contributed by atoms with Gasteiger partial charge in [0.1, 0.15) is 6.10 Å². The van der Waals surface area contributed by atoms with Crippen molar-refractivity contribution in [3.05, 3.63) is 46.4 Å². The van der Waals surface area contributed by atoms with Crippen LogP contribution in [0.3, 0.4) is 0 Å². The number of carbonyl (C=O) groups excluding carboxylic acids is 2. The summed E-state index contributed by atoms with van der Waals surface area (Å²) in [5.41, 5.74) is 2.34.